The average molecular weight is 419 g/mol. The van der Waals surface area contributed by atoms with Crippen LogP contribution in [0.15, 0.2) is 24.8 Å². The molecule has 30 heavy (non-hydrogen) atoms. The molecular formula is C18H21N5O7. The number of benzene rings is 1. The van der Waals surface area contributed by atoms with E-state index in [2.05, 4.69) is 20.3 Å². The molecule has 12 heteroatoms. The molecule has 1 saturated heterocycles. The van der Waals surface area contributed by atoms with Gasteiger partial charge in [0.2, 0.25) is 0 Å². The average Bonchev–Trinajstić information content (AvgIpc) is 3.29. The minimum Gasteiger partial charge on any atom is -0.508 e. The smallest absolute Gasteiger partial charge is 0.167 e. The number of imidazole rings is 1. The Morgan fingerprint density at radius 2 is 1.97 bits per heavy atom. The number of aromatic nitrogens is 4. The molecule has 6 N–H and O–H groups in total. The Balaban J connectivity index is 1.61. The highest BCUT2D eigenvalue weighted by molar-refractivity contribution is 5.82. The van der Waals surface area contributed by atoms with Crippen LogP contribution in [0.25, 0.3) is 11.2 Å². The molecule has 0 bridgehead atoms. The second-order valence-electron chi connectivity index (χ2n) is 6.78. The zero-order valence-electron chi connectivity index (χ0n) is 15.9. The molecule has 12 nitrogen and oxygen atoms in total. The molecule has 3 heterocycles. The summed E-state index contributed by atoms with van der Waals surface area (Å²) in [6, 6.07) is 2.69. The number of nitrogens with zero attached hydrogens (tertiary/aromatic N) is 4. The molecule has 0 unspecified atom stereocenters. The number of ether oxygens (including phenoxy) is 2. The SMILES string of the molecule is COc1cc(O)cc(CNc2ncnc3c2ncn3[C@@H]2O[C@H](CO)[C@@H](O)[C@H]2O)c1O. The van der Waals surface area contributed by atoms with Gasteiger partial charge in [-0.15, -0.1) is 0 Å². The van der Waals surface area contributed by atoms with Crippen LogP contribution in [0.2, 0.25) is 0 Å². The Hall–Kier alpha value is -3.19. The highest BCUT2D eigenvalue weighted by Crippen LogP contribution is 2.35. The van der Waals surface area contributed by atoms with E-state index in [1.807, 2.05) is 0 Å². The van der Waals surface area contributed by atoms with Crippen LogP contribution in [-0.4, -0.2) is 77.1 Å². The minimum atomic E-state index is -1.28. The maximum atomic E-state index is 10.3. The number of aliphatic hydroxyl groups excluding tert-OH is 3. The van der Waals surface area contributed by atoms with Crippen molar-refractivity contribution in [1.82, 2.24) is 19.5 Å². The van der Waals surface area contributed by atoms with E-state index in [9.17, 15) is 25.5 Å². The number of aliphatic hydroxyl groups is 3. The van der Waals surface area contributed by atoms with Crippen molar-refractivity contribution in [3.63, 3.8) is 0 Å². The van der Waals surface area contributed by atoms with Crippen molar-refractivity contribution >= 4 is 17.0 Å². The van der Waals surface area contributed by atoms with E-state index in [1.54, 1.807) is 0 Å². The van der Waals surface area contributed by atoms with E-state index in [0.29, 0.717) is 22.5 Å². The van der Waals surface area contributed by atoms with Crippen molar-refractivity contribution in [2.24, 2.45) is 0 Å². The Morgan fingerprint density at radius 1 is 1.17 bits per heavy atom. The van der Waals surface area contributed by atoms with E-state index in [0.717, 1.165) is 0 Å². The third-order valence-electron chi connectivity index (χ3n) is 4.95. The van der Waals surface area contributed by atoms with Crippen LogP contribution in [0.3, 0.4) is 0 Å². The van der Waals surface area contributed by atoms with Gasteiger partial charge in [-0.1, -0.05) is 0 Å². The first kappa shape index (κ1) is 20.1. The van der Waals surface area contributed by atoms with E-state index in [4.69, 9.17) is 9.47 Å². The van der Waals surface area contributed by atoms with E-state index >= 15 is 0 Å². The first-order chi connectivity index (χ1) is 14.4. The van der Waals surface area contributed by atoms with Gasteiger partial charge in [-0.2, -0.15) is 0 Å². The van der Waals surface area contributed by atoms with Crippen LogP contribution < -0.4 is 10.1 Å². The van der Waals surface area contributed by atoms with Gasteiger partial charge in [0.1, 0.15) is 30.4 Å². The summed E-state index contributed by atoms with van der Waals surface area (Å²) in [5.41, 5.74) is 1.07. The number of nitrogens with one attached hydrogen (secondary N) is 1. The highest BCUT2D eigenvalue weighted by atomic mass is 16.6. The number of phenolic OH excluding ortho intramolecular Hbond substituents is 2. The van der Waals surface area contributed by atoms with Crippen molar-refractivity contribution in [1.29, 1.82) is 0 Å². The molecule has 0 spiro atoms. The van der Waals surface area contributed by atoms with E-state index in [1.165, 1.54) is 36.5 Å². The molecule has 1 aliphatic rings. The molecule has 4 rings (SSSR count). The summed E-state index contributed by atoms with van der Waals surface area (Å²) in [7, 11) is 1.38. The standard InChI is InChI=1S/C18H21N5O7/c1-29-10-3-9(25)2-8(13(10)26)4-19-16-12-17(21-6-20-16)23(7-22-12)18-15(28)14(27)11(5-24)30-18/h2-3,6-7,11,14-15,18,24-28H,4-5H2,1H3,(H,19,20,21)/t11-,14-,15-,18-/m1/s1. The first-order valence-corrected chi connectivity index (χ1v) is 9.07. The number of anilines is 1. The van der Waals surface area contributed by atoms with Crippen LogP contribution in [0.4, 0.5) is 5.82 Å². The van der Waals surface area contributed by atoms with Gasteiger partial charge in [-0.3, -0.25) is 4.57 Å². The summed E-state index contributed by atoms with van der Waals surface area (Å²) in [6.45, 7) is -0.344. The predicted octanol–water partition coefficient (Wildman–Crippen LogP) is -0.530. The number of aromatic hydroxyl groups is 2. The summed E-state index contributed by atoms with van der Waals surface area (Å²) >= 11 is 0. The fourth-order valence-electron chi connectivity index (χ4n) is 3.40. The lowest BCUT2D eigenvalue weighted by Gasteiger charge is -2.16. The Labute approximate surface area is 170 Å². The van der Waals surface area contributed by atoms with E-state index < -0.39 is 31.1 Å². The molecule has 1 aromatic carbocycles. The second-order valence-corrected chi connectivity index (χ2v) is 6.78. The normalized spacial score (nSPS) is 23.7. The highest BCUT2D eigenvalue weighted by Gasteiger charge is 2.44. The fourth-order valence-corrected chi connectivity index (χ4v) is 3.40. The number of hydrogen-bond acceptors (Lipinski definition) is 11. The van der Waals surface area contributed by atoms with Gasteiger partial charge >= 0.3 is 0 Å². The quantitative estimate of drug-likeness (QED) is 0.283. The summed E-state index contributed by atoms with van der Waals surface area (Å²) in [5.74, 6) is 0.286. The number of hydrogen-bond donors (Lipinski definition) is 6. The topological polar surface area (TPSA) is 175 Å². The molecule has 0 amide bonds. The molecule has 1 fully saturated rings. The monoisotopic (exact) mass is 419 g/mol. The van der Waals surface area contributed by atoms with Crippen LogP contribution >= 0.6 is 0 Å². The Bertz CT molecular complexity index is 1060. The predicted molar refractivity (Wildman–Crippen MR) is 102 cm³/mol. The summed E-state index contributed by atoms with van der Waals surface area (Å²) in [4.78, 5) is 12.6. The van der Waals surface area contributed by atoms with Crippen molar-refractivity contribution in [2.75, 3.05) is 19.0 Å². The van der Waals surface area contributed by atoms with Gasteiger partial charge in [0.25, 0.3) is 0 Å². The number of phenols is 2. The molecule has 3 aromatic rings. The number of rotatable bonds is 6. The van der Waals surface area contributed by atoms with Crippen LogP contribution in [-0.2, 0) is 11.3 Å². The molecule has 1 aliphatic heterocycles. The lowest BCUT2D eigenvalue weighted by Crippen LogP contribution is -2.33. The number of methoxy groups -OCH3 is 1. The minimum absolute atomic E-state index is 0.0667. The molecular weight excluding hydrogens is 398 g/mol. The van der Waals surface area contributed by atoms with Crippen LogP contribution in [0.1, 0.15) is 11.8 Å². The molecule has 0 radical (unpaired) electrons. The third kappa shape index (κ3) is 3.35. The zero-order valence-corrected chi connectivity index (χ0v) is 15.9. The van der Waals surface area contributed by atoms with Gasteiger partial charge in [0.15, 0.2) is 34.7 Å². The number of fused-ring (bicyclic) bond motifs is 1. The second kappa shape index (κ2) is 7.91. The molecule has 160 valence electrons. The Morgan fingerprint density at radius 3 is 2.67 bits per heavy atom. The zero-order chi connectivity index (χ0) is 21.4. The molecule has 0 aliphatic carbocycles. The van der Waals surface area contributed by atoms with Crippen LogP contribution in [0, 0.1) is 0 Å². The Kier molecular flexibility index (Phi) is 5.30. The summed E-state index contributed by atoms with van der Waals surface area (Å²) in [6.07, 6.45) is -1.76. The first-order valence-electron chi connectivity index (χ1n) is 9.07. The van der Waals surface area contributed by atoms with Gasteiger partial charge < -0.3 is 40.3 Å². The third-order valence-corrected chi connectivity index (χ3v) is 4.95. The van der Waals surface area contributed by atoms with Crippen molar-refractivity contribution < 1.29 is 35.0 Å². The van der Waals surface area contributed by atoms with Gasteiger partial charge in [0.05, 0.1) is 20.0 Å². The van der Waals surface area contributed by atoms with E-state index in [-0.39, 0.29) is 23.8 Å². The van der Waals surface area contributed by atoms with Crippen molar-refractivity contribution in [3.8, 4) is 17.2 Å². The van der Waals surface area contributed by atoms with Crippen molar-refractivity contribution in [2.45, 2.75) is 31.1 Å². The van der Waals surface area contributed by atoms with Gasteiger partial charge in [-0.05, 0) is 6.07 Å². The maximum absolute atomic E-state index is 10.3. The molecule has 2 aromatic heterocycles. The lowest BCUT2D eigenvalue weighted by molar-refractivity contribution is -0.0511. The summed E-state index contributed by atoms with van der Waals surface area (Å²) < 4.78 is 12.0. The molecule has 4 atom stereocenters. The maximum Gasteiger partial charge on any atom is 0.167 e. The van der Waals surface area contributed by atoms with Gasteiger partial charge in [0, 0.05) is 18.2 Å². The fraction of sp³-hybridized carbons (Fsp3) is 0.389. The summed E-state index contributed by atoms with van der Waals surface area (Å²) in [5, 5.41) is 52.6. The van der Waals surface area contributed by atoms with Crippen LogP contribution in [0.5, 0.6) is 17.2 Å². The lowest BCUT2D eigenvalue weighted by atomic mass is 10.1. The van der Waals surface area contributed by atoms with Crippen molar-refractivity contribution in [3.05, 3.63) is 30.4 Å². The molecule has 0 saturated carbocycles. The van der Waals surface area contributed by atoms with Gasteiger partial charge in [-0.25, -0.2) is 15.0 Å². The largest absolute Gasteiger partial charge is 0.508 e.